The van der Waals surface area contributed by atoms with Crippen LogP contribution in [0.2, 0.25) is 0 Å². The Hall–Kier alpha value is -3.07. The predicted octanol–water partition coefficient (Wildman–Crippen LogP) is 2.17. The van der Waals surface area contributed by atoms with Gasteiger partial charge in [-0.3, -0.25) is 4.79 Å². The van der Waals surface area contributed by atoms with E-state index in [4.69, 9.17) is 4.74 Å². The Morgan fingerprint density at radius 2 is 1.89 bits per heavy atom. The van der Waals surface area contributed by atoms with E-state index in [1.165, 1.54) is 17.9 Å². The lowest BCUT2D eigenvalue weighted by molar-refractivity contribution is -0.670. The molecule has 148 valence electrons. The van der Waals surface area contributed by atoms with Crippen LogP contribution in [0.5, 0.6) is 5.75 Å². The van der Waals surface area contributed by atoms with Crippen molar-refractivity contribution in [3.05, 3.63) is 64.5 Å². The van der Waals surface area contributed by atoms with Gasteiger partial charge in [0.05, 0.1) is 31.1 Å². The monoisotopic (exact) mass is 394 g/mol. The number of hydrogen-bond acceptors (Lipinski definition) is 3. The molecule has 0 atom stereocenters. The third-order valence-electron chi connectivity index (χ3n) is 4.45. The first-order valence-corrected chi connectivity index (χ1v) is 8.59. The van der Waals surface area contributed by atoms with Crippen LogP contribution < -0.4 is 15.3 Å². The summed E-state index contributed by atoms with van der Waals surface area (Å²) in [6, 6.07) is 9.12. The average molecular weight is 394 g/mol. The largest absolute Gasteiger partial charge is 0.595 e. The quantitative estimate of drug-likeness (QED) is 0.395. The van der Waals surface area contributed by atoms with E-state index in [0.717, 1.165) is 12.1 Å². The molecule has 3 aromatic rings. The molecule has 28 heavy (non-hydrogen) atoms. The first-order valence-electron chi connectivity index (χ1n) is 8.59. The smallest absolute Gasteiger partial charge is 0.416 e. The number of aromatic nitrogens is 2. The number of carbonyl (C=O) groups excluding carboxylic acids is 1. The van der Waals surface area contributed by atoms with Crippen molar-refractivity contribution in [3.8, 4) is 5.75 Å². The molecule has 3 rings (SSSR count). The molecular weight excluding hydrogens is 375 g/mol. The topological polar surface area (TPSA) is 85.8 Å². The van der Waals surface area contributed by atoms with E-state index in [1.807, 2.05) is 0 Å². The first kappa shape index (κ1) is 19.7. The number of benzene rings is 2. The van der Waals surface area contributed by atoms with E-state index in [-0.39, 0.29) is 23.1 Å². The van der Waals surface area contributed by atoms with Crippen molar-refractivity contribution in [2.75, 3.05) is 13.7 Å². The summed E-state index contributed by atoms with van der Waals surface area (Å²) in [5.41, 5.74) is 2.93. The van der Waals surface area contributed by atoms with E-state index < -0.39 is 17.5 Å². The summed E-state index contributed by atoms with van der Waals surface area (Å²) >= 11 is 0. The molecule has 2 aromatic carbocycles. The summed E-state index contributed by atoms with van der Waals surface area (Å²) in [5, 5.41) is 12.9. The molecule has 0 amide bonds. The van der Waals surface area contributed by atoms with Gasteiger partial charge in [-0.2, -0.15) is 13.2 Å². The third-order valence-corrected chi connectivity index (χ3v) is 4.45. The Kier molecular flexibility index (Phi) is 5.28. The van der Waals surface area contributed by atoms with Crippen LogP contribution in [-0.4, -0.2) is 24.1 Å². The van der Waals surface area contributed by atoms with Crippen molar-refractivity contribution in [2.24, 2.45) is 0 Å². The van der Waals surface area contributed by atoms with Gasteiger partial charge >= 0.3 is 6.18 Å². The number of ketones is 1. The molecule has 1 heterocycles. The SMILES string of the molecule is COc1ccc(C(=O)c2c3ccc(C(F)(F)F)cc3[n+]([O-])n2CCC[NH3+])cc1. The van der Waals surface area contributed by atoms with Gasteiger partial charge in [0.15, 0.2) is 5.69 Å². The van der Waals surface area contributed by atoms with Crippen LogP contribution in [0, 0.1) is 5.21 Å². The van der Waals surface area contributed by atoms with Crippen LogP contribution in [0.4, 0.5) is 13.2 Å². The Morgan fingerprint density at radius 3 is 2.46 bits per heavy atom. The van der Waals surface area contributed by atoms with Crippen LogP contribution in [0.25, 0.3) is 10.9 Å². The fourth-order valence-electron chi connectivity index (χ4n) is 3.01. The molecule has 0 aliphatic carbocycles. The lowest BCUT2D eigenvalue weighted by Gasteiger charge is -2.07. The fraction of sp³-hybridized carbons (Fsp3) is 0.263. The van der Waals surface area contributed by atoms with Crippen molar-refractivity contribution in [3.63, 3.8) is 0 Å². The molecule has 0 bridgehead atoms. The highest BCUT2D eigenvalue weighted by atomic mass is 19.4. The molecule has 0 aliphatic heterocycles. The fourth-order valence-corrected chi connectivity index (χ4v) is 3.01. The Bertz CT molecular complexity index is 1010. The summed E-state index contributed by atoms with van der Waals surface area (Å²) in [6.45, 7) is 0.679. The minimum absolute atomic E-state index is 0.0531. The van der Waals surface area contributed by atoms with Crippen molar-refractivity contribution >= 4 is 16.7 Å². The highest BCUT2D eigenvalue weighted by Gasteiger charge is 2.34. The number of nitrogens with zero attached hydrogens (tertiary/aromatic N) is 2. The Morgan fingerprint density at radius 1 is 1.21 bits per heavy atom. The van der Waals surface area contributed by atoms with Gasteiger partial charge in [0, 0.05) is 18.1 Å². The lowest BCUT2D eigenvalue weighted by atomic mass is 10.0. The summed E-state index contributed by atoms with van der Waals surface area (Å²) in [6.07, 6.45) is -4.09. The molecule has 6 nitrogen and oxygen atoms in total. The molecule has 0 radical (unpaired) electrons. The molecular formula is C19H19F3N3O3+. The van der Waals surface area contributed by atoms with Crippen LogP contribution in [0.3, 0.4) is 0 Å². The van der Waals surface area contributed by atoms with Crippen LogP contribution >= 0.6 is 0 Å². The second-order valence-electron chi connectivity index (χ2n) is 6.24. The van der Waals surface area contributed by atoms with Crippen molar-refractivity contribution in [2.45, 2.75) is 19.1 Å². The zero-order chi connectivity index (χ0) is 20.5. The number of alkyl halides is 3. The van der Waals surface area contributed by atoms with Crippen molar-refractivity contribution < 1.29 is 33.3 Å². The molecule has 0 spiro atoms. The van der Waals surface area contributed by atoms with E-state index in [2.05, 4.69) is 5.73 Å². The maximum Gasteiger partial charge on any atom is 0.416 e. The van der Waals surface area contributed by atoms with Crippen LogP contribution in [0.15, 0.2) is 42.5 Å². The van der Waals surface area contributed by atoms with Gasteiger partial charge in [0.2, 0.25) is 5.78 Å². The summed E-state index contributed by atoms with van der Waals surface area (Å²) < 4.78 is 45.4. The Balaban J connectivity index is 2.19. The molecule has 0 saturated carbocycles. The van der Waals surface area contributed by atoms with Gasteiger partial charge in [-0.25, -0.2) is 0 Å². The highest BCUT2D eigenvalue weighted by molar-refractivity contribution is 6.14. The molecule has 0 unspecified atom stereocenters. The minimum Gasteiger partial charge on any atom is -0.595 e. The number of quaternary nitrogens is 1. The van der Waals surface area contributed by atoms with Gasteiger partial charge in [-0.05, 0) is 36.4 Å². The molecule has 3 N–H and O–H groups in total. The minimum atomic E-state index is -4.59. The van der Waals surface area contributed by atoms with E-state index in [0.29, 0.717) is 29.1 Å². The van der Waals surface area contributed by atoms with E-state index in [1.54, 1.807) is 24.3 Å². The van der Waals surface area contributed by atoms with Gasteiger partial charge in [-0.1, -0.05) is 4.85 Å². The maximum absolute atomic E-state index is 13.1. The summed E-state index contributed by atoms with van der Waals surface area (Å²) in [4.78, 5) is 13.4. The van der Waals surface area contributed by atoms with Gasteiger partial charge in [-0.15, -0.1) is 4.68 Å². The average Bonchev–Trinajstić information content (AvgIpc) is 2.96. The summed E-state index contributed by atoms with van der Waals surface area (Å²) in [5.74, 6) is 0.105. The van der Waals surface area contributed by atoms with Gasteiger partial charge in [0.25, 0.3) is 5.52 Å². The second-order valence-corrected chi connectivity index (χ2v) is 6.24. The van der Waals surface area contributed by atoms with Crippen LogP contribution in [-0.2, 0) is 12.7 Å². The van der Waals surface area contributed by atoms with E-state index >= 15 is 0 Å². The predicted molar refractivity (Wildman–Crippen MR) is 94.7 cm³/mol. The first-order chi connectivity index (χ1) is 13.3. The van der Waals surface area contributed by atoms with E-state index in [9.17, 15) is 23.2 Å². The zero-order valence-corrected chi connectivity index (χ0v) is 15.1. The van der Waals surface area contributed by atoms with Gasteiger partial charge in [0.1, 0.15) is 5.75 Å². The normalized spacial score (nSPS) is 11.8. The number of halogens is 3. The standard InChI is InChI=1S/C19H18F3N3O3/c1-28-14-6-3-12(4-7-14)18(26)17-15-8-5-13(19(20,21)22)11-16(15)25(27)24(17)10-2-9-23/h3-8,11H,2,9-10,23H2,1H3/p+1. The summed E-state index contributed by atoms with van der Waals surface area (Å²) in [7, 11) is 1.49. The molecule has 0 aliphatic rings. The molecule has 0 fully saturated rings. The van der Waals surface area contributed by atoms with Crippen molar-refractivity contribution in [1.29, 1.82) is 0 Å². The van der Waals surface area contributed by atoms with Gasteiger partial charge < -0.3 is 15.7 Å². The number of fused-ring (bicyclic) bond motifs is 1. The number of rotatable bonds is 6. The lowest BCUT2D eigenvalue weighted by Crippen LogP contribution is -2.51. The van der Waals surface area contributed by atoms with Crippen molar-refractivity contribution in [1.82, 2.24) is 4.68 Å². The zero-order valence-electron chi connectivity index (χ0n) is 15.1. The molecule has 1 aromatic heterocycles. The molecule has 9 heteroatoms. The maximum atomic E-state index is 13.1. The van der Waals surface area contributed by atoms with Crippen LogP contribution in [0.1, 0.15) is 28.0 Å². The third kappa shape index (κ3) is 3.53. The highest BCUT2D eigenvalue weighted by Crippen LogP contribution is 2.32. The number of ether oxygens (including phenoxy) is 1. The molecule has 0 saturated heterocycles. The second kappa shape index (κ2) is 7.51. The number of carbonyl (C=O) groups is 1. The number of hydrogen-bond donors (Lipinski definition) is 1. The Labute approximate surface area is 158 Å². The number of methoxy groups -OCH3 is 1.